The van der Waals surface area contributed by atoms with Crippen LogP contribution in [-0.4, -0.2) is 18.4 Å². The Labute approximate surface area is 153 Å². The Morgan fingerprint density at radius 1 is 1.12 bits per heavy atom. The number of allylic oxidation sites excluding steroid dienone is 1. The predicted molar refractivity (Wildman–Crippen MR) is 102 cm³/mol. The molecule has 4 nitrogen and oxygen atoms in total. The van der Waals surface area contributed by atoms with Gasteiger partial charge in [0.25, 0.3) is 0 Å². The molecule has 0 atom stereocenters. The first-order valence-electron chi connectivity index (χ1n) is 8.47. The smallest absolute Gasteiger partial charge is 0.244 e. The first-order valence-corrected chi connectivity index (χ1v) is 8.47. The van der Waals surface area contributed by atoms with Crippen LogP contribution in [0.3, 0.4) is 0 Å². The van der Waals surface area contributed by atoms with Gasteiger partial charge in [-0.1, -0.05) is 38.1 Å². The van der Waals surface area contributed by atoms with Gasteiger partial charge in [-0.15, -0.1) is 0 Å². The number of hydrogen-bond acceptors (Lipinski definition) is 2. The molecule has 0 heterocycles. The summed E-state index contributed by atoms with van der Waals surface area (Å²) >= 11 is 0. The molecule has 2 rings (SSSR count). The lowest BCUT2D eigenvalue weighted by molar-refractivity contribution is -0.121. The van der Waals surface area contributed by atoms with Crippen molar-refractivity contribution < 1.29 is 14.0 Å². The molecule has 0 spiro atoms. The summed E-state index contributed by atoms with van der Waals surface area (Å²) in [5, 5.41) is 5.29. The quantitative estimate of drug-likeness (QED) is 0.772. The summed E-state index contributed by atoms with van der Waals surface area (Å²) < 4.78 is 13.5. The fourth-order valence-electron chi connectivity index (χ4n) is 2.49. The molecule has 0 unspecified atom stereocenters. The van der Waals surface area contributed by atoms with E-state index in [1.807, 2.05) is 32.0 Å². The standard InChI is InChI=1S/C21H23FN2O2/c1-14(2)18(16-9-10-19(22)15(3)11-16)12-20(25)23-13-21(26)24-17-7-5-4-6-8-17/h4-12,14H,13H2,1-3H3,(H,23,25)(H,24,26)/b18-12+. The van der Waals surface area contributed by atoms with E-state index in [0.717, 1.165) is 11.1 Å². The fourth-order valence-corrected chi connectivity index (χ4v) is 2.49. The van der Waals surface area contributed by atoms with Crippen LogP contribution in [0.15, 0.2) is 54.6 Å². The van der Waals surface area contributed by atoms with Gasteiger partial charge in [-0.05, 0) is 53.8 Å². The Morgan fingerprint density at radius 2 is 1.81 bits per heavy atom. The maximum Gasteiger partial charge on any atom is 0.244 e. The van der Waals surface area contributed by atoms with Crippen LogP contribution in [0.2, 0.25) is 0 Å². The molecule has 0 saturated carbocycles. The molecule has 0 aliphatic carbocycles. The number of aryl methyl sites for hydroxylation is 1. The van der Waals surface area contributed by atoms with Crippen molar-refractivity contribution in [2.45, 2.75) is 20.8 Å². The number of para-hydroxylation sites is 1. The summed E-state index contributed by atoms with van der Waals surface area (Å²) in [5.74, 6) is -0.872. The van der Waals surface area contributed by atoms with Crippen LogP contribution in [-0.2, 0) is 9.59 Å². The summed E-state index contributed by atoms with van der Waals surface area (Å²) in [6.07, 6.45) is 1.47. The van der Waals surface area contributed by atoms with Crippen molar-refractivity contribution in [1.82, 2.24) is 5.32 Å². The fraction of sp³-hybridized carbons (Fsp3) is 0.238. The normalized spacial score (nSPS) is 11.3. The first-order chi connectivity index (χ1) is 12.4. The zero-order chi connectivity index (χ0) is 19.1. The Bertz CT molecular complexity index is 814. The van der Waals surface area contributed by atoms with E-state index in [4.69, 9.17) is 0 Å². The van der Waals surface area contributed by atoms with Gasteiger partial charge in [0.15, 0.2) is 0 Å². The van der Waals surface area contributed by atoms with Crippen LogP contribution in [0, 0.1) is 18.7 Å². The molecule has 136 valence electrons. The average Bonchev–Trinajstić information content (AvgIpc) is 2.61. The number of carbonyl (C=O) groups excluding carboxylic acids is 2. The summed E-state index contributed by atoms with van der Waals surface area (Å²) in [4.78, 5) is 24.1. The van der Waals surface area contributed by atoms with E-state index in [9.17, 15) is 14.0 Å². The molecule has 0 saturated heterocycles. The van der Waals surface area contributed by atoms with E-state index in [1.165, 1.54) is 12.1 Å². The number of nitrogens with one attached hydrogen (secondary N) is 2. The molecule has 2 amide bonds. The number of carbonyl (C=O) groups is 2. The molecule has 0 fully saturated rings. The number of hydrogen-bond donors (Lipinski definition) is 2. The van der Waals surface area contributed by atoms with Crippen molar-refractivity contribution in [3.05, 3.63) is 71.6 Å². The van der Waals surface area contributed by atoms with Crippen molar-refractivity contribution in [1.29, 1.82) is 0 Å². The van der Waals surface area contributed by atoms with Crippen molar-refractivity contribution in [2.24, 2.45) is 5.92 Å². The van der Waals surface area contributed by atoms with E-state index >= 15 is 0 Å². The predicted octanol–water partition coefficient (Wildman–Crippen LogP) is 3.93. The van der Waals surface area contributed by atoms with Crippen LogP contribution in [0.5, 0.6) is 0 Å². The second kappa shape index (κ2) is 8.94. The van der Waals surface area contributed by atoms with E-state index < -0.39 is 0 Å². The lowest BCUT2D eigenvalue weighted by Crippen LogP contribution is -2.32. The number of rotatable bonds is 6. The lowest BCUT2D eigenvalue weighted by atomic mass is 9.93. The largest absolute Gasteiger partial charge is 0.343 e. The highest BCUT2D eigenvalue weighted by Crippen LogP contribution is 2.24. The Balaban J connectivity index is 2.01. The topological polar surface area (TPSA) is 58.2 Å². The summed E-state index contributed by atoms with van der Waals surface area (Å²) in [5.41, 5.74) is 2.78. The Hall–Kier alpha value is -2.95. The molecule has 0 aliphatic rings. The molecule has 2 N–H and O–H groups in total. The Morgan fingerprint density at radius 3 is 2.42 bits per heavy atom. The van der Waals surface area contributed by atoms with Crippen LogP contribution >= 0.6 is 0 Å². The molecule has 0 radical (unpaired) electrons. The van der Waals surface area contributed by atoms with Crippen LogP contribution in [0.25, 0.3) is 5.57 Å². The minimum absolute atomic E-state index is 0.0729. The van der Waals surface area contributed by atoms with Gasteiger partial charge in [0.05, 0.1) is 6.54 Å². The minimum atomic E-state index is -0.362. The van der Waals surface area contributed by atoms with Crippen molar-refractivity contribution in [3.8, 4) is 0 Å². The second-order valence-electron chi connectivity index (χ2n) is 6.35. The molecule has 2 aromatic carbocycles. The molecule has 5 heteroatoms. The highest BCUT2D eigenvalue weighted by atomic mass is 19.1. The van der Waals surface area contributed by atoms with E-state index in [0.29, 0.717) is 11.3 Å². The van der Waals surface area contributed by atoms with Gasteiger partial charge in [-0.25, -0.2) is 4.39 Å². The first kappa shape index (κ1) is 19.4. The number of benzene rings is 2. The van der Waals surface area contributed by atoms with E-state index in [-0.39, 0.29) is 30.1 Å². The zero-order valence-electron chi connectivity index (χ0n) is 15.2. The third-order valence-corrected chi connectivity index (χ3v) is 3.88. The van der Waals surface area contributed by atoms with Crippen LogP contribution in [0.4, 0.5) is 10.1 Å². The average molecular weight is 354 g/mol. The van der Waals surface area contributed by atoms with Gasteiger partial charge in [0.1, 0.15) is 5.82 Å². The molecular weight excluding hydrogens is 331 g/mol. The summed E-state index contributed by atoms with van der Waals surface area (Å²) in [6, 6.07) is 13.8. The third kappa shape index (κ3) is 5.55. The minimum Gasteiger partial charge on any atom is -0.343 e. The van der Waals surface area contributed by atoms with Crippen molar-refractivity contribution in [3.63, 3.8) is 0 Å². The molecule has 0 aliphatic heterocycles. The maximum absolute atomic E-state index is 13.5. The number of anilines is 1. The van der Waals surface area contributed by atoms with Gasteiger partial charge in [-0.2, -0.15) is 0 Å². The molecular formula is C21H23FN2O2. The Kier molecular flexibility index (Phi) is 6.67. The summed E-state index contributed by atoms with van der Waals surface area (Å²) in [6.45, 7) is 5.47. The molecule has 0 bridgehead atoms. The van der Waals surface area contributed by atoms with Crippen molar-refractivity contribution >= 4 is 23.1 Å². The zero-order valence-corrected chi connectivity index (χ0v) is 15.2. The SMILES string of the molecule is Cc1cc(/C(=C/C(=O)NCC(=O)Nc2ccccc2)C(C)C)ccc1F. The highest BCUT2D eigenvalue weighted by molar-refractivity contribution is 5.99. The maximum atomic E-state index is 13.5. The number of amides is 2. The van der Waals surface area contributed by atoms with E-state index in [1.54, 1.807) is 31.2 Å². The molecule has 26 heavy (non-hydrogen) atoms. The molecule has 2 aromatic rings. The van der Waals surface area contributed by atoms with E-state index in [2.05, 4.69) is 10.6 Å². The van der Waals surface area contributed by atoms with Crippen molar-refractivity contribution in [2.75, 3.05) is 11.9 Å². The van der Waals surface area contributed by atoms with Gasteiger partial charge < -0.3 is 10.6 Å². The van der Waals surface area contributed by atoms with Gasteiger partial charge in [0, 0.05) is 11.8 Å². The third-order valence-electron chi connectivity index (χ3n) is 3.88. The molecule has 0 aromatic heterocycles. The van der Waals surface area contributed by atoms with Crippen LogP contribution < -0.4 is 10.6 Å². The lowest BCUT2D eigenvalue weighted by Gasteiger charge is -2.13. The van der Waals surface area contributed by atoms with Gasteiger partial charge in [0.2, 0.25) is 11.8 Å². The van der Waals surface area contributed by atoms with Gasteiger partial charge in [-0.3, -0.25) is 9.59 Å². The van der Waals surface area contributed by atoms with Crippen LogP contribution in [0.1, 0.15) is 25.0 Å². The summed E-state index contributed by atoms with van der Waals surface area (Å²) in [7, 11) is 0. The second-order valence-corrected chi connectivity index (χ2v) is 6.35. The van der Waals surface area contributed by atoms with Gasteiger partial charge >= 0.3 is 0 Å². The number of halogens is 1. The highest BCUT2D eigenvalue weighted by Gasteiger charge is 2.11. The monoisotopic (exact) mass is 354 g/mol.